The van der Waals surface area contributed by atoms with Gasteiger partial charge in [-0.15, -0.1) is 0 Å². The van der Waals surface area contributed by atoms with Crippen molar-refractivity contribution >= 4 is 57.9 Å². The van der Waals surface area contributed by atoms with E-state index in [4.69, 9.17) is 23.2 Å². The number of halogens is 2. The summed E-state index contributed by atoms with van der Waals surface area (Å²) < 4.78 is 0. The van der Waals surface area contributed by atoms with Gasteiger partial charge in [0.2, 0.25) is 5.78 Å². The van der Waals surface area contributed by atoms with E-state index in [1.165, 1.54) is 0 Å². The molecule has 8 heteroatoms. The Morgan fingerprint density at radius 3 is 1.82 bits per heavy atom. The maximum atomic E-state index is 14.9. The number of rotatable bonds is 9. The average Bonchev–Trinajstić information content (AvgIpc) is 3.34. The lowest BCUT2D eigenvalue weighted by atomic mass is 9.75. The van der Waals surface area contributed by atoms with Gasteiger partial charge in [0.05, 0.1) is 5.70 Å². The van der Waals surface area contributed by atoms with Crippen LogP contribution in [0.25, 0.3) is 5.70 Å². The highest BCUT2D eigenvalue weighted by Gasteiger charge is 2.57. The number of Topliss-reactive ketones (excluding diaryl/α,β-unsaturated/α-hetero) is 1. The predicted molar refractivity (Wildman–Crippen MR) is 198 cm³/mol. The highest BCUT2D eigenvalue weighted by molar-refractivity contribution is 6.48. The topological polar surface area (TPSA) is 78.5 Å². The number of carbonyl (C=O) groups excluding carboxylic acids is 3. The van der Waals surface area contributed by atoms with Crippen molar-refractivity contribution in [1.82, 2.24) is 4.90 Å². The first-order valence-corrected chi connectivity index (χ1v) is 16.7. The SMILES string of the molecule is Cc1ccc(C2=C(C(=O)C(=O)Nc3cccc(Cl)c3)[C@@H](c3ccc(C)cc3)[C@@](C)(C(=O)Nc3cccc(Cl)c3)N2Cc2ccccc2)cc1. The molecule has 6 rings (SSSR count). The van der Waals surface area contributed by atoms with Crippen LogP contribution in [0.3, 0.4) is 0 Å². The summed E-state index contributed by atoms with van der Waals surface area (Å²) in [6, 6.07) is 38.9. The Morgan fingerprint density at radius 2 is 1.24 bits per heavy atom. The molecule has 1 aliphatic heterocycles. The van der Waals surface area contributed by atoms with Crippen molar-refractivity contribution in [3.63, 3.8) is 0 Å². The quantitative estimate of drug-likeness (QED) is 0.151. The number of aryl methyl sites for hydroxylation is 2. The van der Waals surface area contributed by atoms with Crippen molar-refractivity contribution in [3.05, 3.63) is 171 Å². The van der Waals surface area contributed by atoms with E-state index in [-0.39, 0.29) is 18.0 Å². The molecule has 2 amide bonds. The first kappa shape index (κ1) is 33.7. The van der Waals surface area contributed by atoms with E-state index in [0.717, 1.165) is 16.7 Å². The van der Waals surface area contributed by atoms with Crippen LogP contribution >= 0.6 is 23.2 Å². The third-order valence-electron chi connectivity index (χ3n) is 8.93. The molecule has 5 aromatic carbocycles. The highest BCUT2D eigenvalue weighted by Crippen LogP contribution is 2.53. The molecule has 0 saturated carbocycles. The Kier molecular flexibility index (Phi) is 9.72. The summed E-state index contributed by atoms with van der Waals surface area (Å²) in [6.45, 7) is 6.07. The third kappa shape index (κ3) is 7.02. The number of hydrogen-bond donors (Lipinski definition) is 2. The van der Waals surface area contributed by atoms with Crippen molar-refractivity contribution in [2.45, 2.75) is 38.8 Å². The normalized spacial score (nSPS) is 17.2. The van der Waals surface area contributed by atoms with Crippen molar-refractivity contribution in [1.29, 1.82) is 0 Å². The Labute approximate surface area is 296 Å². The van der Waals surface area contributed by atoms with Crippen LogP contribution in [0.2, 0.25) is 10.0 Å². The maximum Gasteiger partial charge on any atom is 0.296 e. The van der Waals surface area contributed by atoms with E-state index in [2.05, 4.69) is 10.6 Å². The zero-order valence-electron chi connectivity index (χ0n) is 27.3. The molecule has 0 fully saturated rings. The first-order valence-electron chi connectivity index (χ1n) is 15.9. The van der Waals surface area contributed by atoms with Crippen LogP contribution in [0.4, 0.5) is 11.4 Å². The van der Waals surface area contributed by atoms with Gasteiger partial charge in [-0.1, -0.05) is 125 Å². The van der Waals surface area contributed by atoms with Crippen molar-refractivity contribution in [2.24, 2.45) is 0 Å². The molecule has 1 heterocycles. The number of carbonyl (C=O) groups is 3. The van der Waals surface area contributed by atoms with Gasteiger partial charge in [0.1, 0.15) is 5.54 Å². The molecule has 0 unspecified atom stereocenters. The Bertz CT molecular complexity index is 2060. The van der Waals surface area contributed by atoms with Gasteiger partial charge in [0.25, 0.3) is 11.8 Å². The molecule has 49 heavy (non-hydrogen) atoms. The van der Waals surface area contributed by atoms with Crippen LogP contribution in [0.15, 0.2) is 133 Å². The lowest BCUT2D eigenvalue weighted by molar-refractivity contribution is -0.133. The summed E-state index contributed by atoms with van der Waals surface area (Å²) in [5.41, 5.74) is 4.60. The minimum atomic E-state index is -1.41. The molecule has 0 aliphatic carbocycles. The molecule has 0 spiro atoms. The highest BCUT2D eigenvalue weighted by atomic mass is 35.5. The molecule has 5 aromatic rings. The lowest BCUT2D eigenvalue weighted by Gasteiger charge is -2.41. The minimum Gasteiger partial charge on any atom is -0.351 e. The summed E-state index contributed by atoms with van der Waals surface area (Å²) in [5.74, 6) is -2.81. The molecule has 0 saturated heterocycles. The molecular weight excluding hydrogens is 653 g/mol. The molecule has 6 nitrogen and oxygen atoms in total. The fraction of sp³-hybridized carbons (Fsp3) is 0.146. The second kappa shape index (κ2) is 14.1. The van der Waals surface area contributed by atoms with E-state index < -0.39 is 23.1 Å². The Balaban J connectivity index is 1.60. The number of nitrogens with zero attached hydrogens (tertiary/aromatic N) is 1. The summed E-state index contributed by atoms with van der Waals surface area (Å²) in [5, 5.41) is 6.73. The monoisotopic (exact) mass is 687 g/mol. The molecule has 0 radical (unpaired) electrons. The largest absolute Gasteiger partial charge is 0.351 e. The second-order valence-electron chi connectivity index (χ2n) is 12.4. The van der Waals surface area contributed by atoms with Crippen LogP contribution in [-0.4, -0.2) is 28.0 Å². The fourth-order valence-corrected chi connectivity index (χ4v) is 6.81. The lowest BCUT2D eigenvalue weighted by Crippen LogP contribution is -2.54. The average molecular weight is 689 g/mol. The molecule has 0 bridgehead atoms. The van der Waals surface area contributed by atoms with Gasteiger partial charge >= 0.3 is 0 Å². The number of amides is 2. The van der Waals surface area contributed by atoms with E-state index in [9.17, 15) is 14.4 Å². The second-order valence-corrected chi connectivity index (χ2v) is 13.3. The van der Waals surface area contributed by atoms with Crippen LogP contribution < -0.4 is 10.6 Å². The van der Waals surface area contributed by atoms with E-state index in [1.54, 1.807) is 48.5 Å². The van der Waals surface area contributed by atoms with Crippen molar-refractivity contribution in [3.8, 4) is 0 Å². The van der Waals surface area contributed by atoms with Crippen LogP contribution in [-0.2, 0) is 20.9 Å². The van der Waals surface area contributed by atoms with E-state index in [1.807, 2.05) is 105 Å². The number of anilines is 2. The van der Waals surface area contributed by atoms with Crippen molar-refractivity contribution < 1.29 is 14.4 Å². The molecule has 246 valence electrons. The Hall–Kier alpha value is -5.17. The van der Waals surface area contributed by atoms with E-state index >= 15 is 0 Å². The van der Waals surface area contributed by atoms with Crippen molar-refractivity contribution in [2.75, 3.05) is 10.6 Å². The van der Waals surface area contributed by atoms with Gasteiger partial charge in [-0.25, -0.2) is 0 Å². The standard InChI is InChI=1S/C41H35Cl2N3O3/c1-26-15-19-29(20-16-26)36-35(38(47)39(48)44-33-13-7-11-31(42)23-33)37(30-21-17-27(2)18-22-30)46(25-28-9-5-4-6-10-28)41(36,3)40(49)45-34-14-8-12-32(43)24-34/h4-24,36H,25H2,1-3H3,(H,44,48)(H,45,49)/t36-,41+/m1/s1. The smallest absolute Gasteiger partial charge is 0.296 e. The van der Waals surface area contributed by atoms with Gasteiger partial charge in [0.15, 0.2) is 0 Å². The van der Waals surface area contributed by atoms with Gasteiger partial charge < -0.3 is 15.5 Å². The predicted octanol–water partition coefficient (Wildman–Crippen LogP) is 9.23. The number of ketones is 1. The zero-order valence-corrected chi connectivity index (χ0v) is 28.8. The zero-order chi connectivity index (χ0) is 34.7. The number of nitrogens with one attached hydrogen (secondary N) is 2. The summed E-state index contributed by atoms with van der Waals surface area (Å²) in [7, 11) is 0. The summed E-state index contributed by atoms with van der Waals surface area (Å²) in [6.07, 6.45) is 0. The van der Waals surface area contributed by atoms with Crippen LogP contribution in [0.1, 0.15) is 40.7 Å². The fourth-order valence-electron chi connectivity index (χ4n) is 6.43. The first-order chi connectivity index (χ1) is 23.5. The molecule has 2 N–H and O–H groups in total. The van der Waals surface area contributed by atoms with Gasteiger partial charge in [0, 0.05) is 39.5 Å². The third-order valence-corrected chi connectivity index (χ3v) is 9.40. The Morgan fingerprint density at radius 1 is 0.694 bits per heavy atom. The molecule has 0 aromatic heterocycles. The number of benzene rings is 5. The van der Waals surface area contributed by atoms with E-state index in [0.29, 0.717) is 38.2 Å². The molecular formula is C41H35Cl2N3O3. The molecule has 2 atom stereocenters. The van der Waals surface area contributed by atoms with Gasteiger partial charge in [-0.3, -0.25) is 14.4 Å². The minimum absolute atomic E-state index is 0.215. The van der Waals surface area contributed by atoms with Gasteiger partial charge in [-0.05, 0) is 73.9 Å². The summed E-state index contributed by atoms with van der Waals surface area (Å²) >= 11 is 12.5. The van der Waals surface area contributed by atoms with Crippen LogP contribution in [0, 0.1) is 13.8 Å². The summed E-state index contributed by atoms with van der Waals surface area (Å²) in [4.78, 5) is 45.7. The molecule has 1 aliphatic rings. The number of hydrogen-bond acceptors (Lipinski definition) is 4. The maximum absolute atomic E-state index is 14.9. The van der Waals surface area contributed by atoms with Gasteiger partial charge in [-0.2, -0.15) is 0 Å². The van der Waals surface area contributed by atoms with Crippen LogP contribution in [0.5, 0.6) is 0 Å².